The van der Waals surface area contributed by atoms with E-state index in [0.717, 1.165) is 10.0 Å². The van der Waals surface area contributed by atoms with Crippen molar-refractivity contribution in [2.24, 2.45) is 16.1 Å². The number of nitrogens with zero attached hydrogens (tertiary/aromatic N) is 4. The molecule has 0 saturated carbocycles. The van der Waals surface area contributed by atoms with Crippen molar-refractivity contribution in [1.82, 2.24) is 0 Å². The summed E-state index contributed by atoms with van der Waals surface area (Å²) in [6, 6.07) is 10.1. The maximum Gasteiger partial charge on any atom is 0.294 e. The molecule has 0 bridgehead atoms. The van der Waals surface area contributed by atoms with Gasteiger partial charge in [0.05, 0.1) is 44.1 Å². The molecule has 0 spiro atoms. The summed E-state index contributed by atoms with van der Waals surface area (Å²) in [4.78, 5) is 25.1. The van der Waals surface area contributed by atoms with Gasteiger partial charge in [0.1, 0.15) is 0 Å². The predicted molar refractivity (Wildman–Crippen MR) is 144 cm³/mol. The van der Waals surface area contributed by atoms with Crippen LogP contribution >= 0.6 is 0 Å². The lowest BCUT2D eigenvalue weighted by Crippen LogP contribution is -2.25. The third-order valence-electron chi connectivity index (χ3n) is 5.79. The van der Waals surface area contributed by atoms with Crippen LogP contribution in [0.2, 0.25) is 0 Å². The summed E-state index contributed by atoms with van der Waals surface area (Å²) in [5, 5.41) is 10.7. The highest BCUT2D eigenvalue weighted by atomic mass is 32.2. The summed E-state index contributed by atoms with van der Waals surface area (Å²) in [7, 11) is -8.71. The van der Waals surface area contributed by atoms with Crippen LogP contribution in [0.4, 0.5) is 11.4 Å². The van der Waals surface area contributed by atoms with Gasteiger partial charge in [-0.1, -0.05) is 24.3 Å². The molecule has 2 aromatic carbocycles. The van der Waals surface area contributed by atoms with Crippen LogP contribution in [0, 0.1) is 5.92 Å². The largest absolute Gasteiger partial charge is 0.294 e. The highest BCUT2D eigenvalue weighted by molar-refractivity contribution is 7.86. The van der Waals surface area contributed by atoms with Crippen molar-refractivity contribution in [3.63, 3.8) is 0 Å². The van der Waals surface area contributed by atoms with E-state index in [4.69, 9.17) is 9.11 Å². The standard InChI is InChI=1S/C25H22N4O8S2/c1-16-22(24(30)28(26-16)18-8-12-20(13-9-18)38(32,33)34)6-4-3-5-7-23-17(2)27-29(25(23)31)19-10-14-21(15-11-19)39(35,36)37/h3-15,22H,1-2H3,(H,32,33,34)(H,35,36,37)/b5-3?,6-4-,23-7?. The topological polar surface area (TPSA) is 174 Å². The Labute approximate surface area is 224 Å². The minimum atomic E-state index is -4.36. The summed E-state index contributed by atoms with van der Waals surface area (Å²) in [5.74, 6) is -1.42. The molecule has 2 amide bonds. The lowest BCUT2D eigenvalue weighted by atomic mass is 10.0. The minimum absolute atomic E-state index is 0.298. The molecule has 0 radical (unpaired) electrons. The van der Waals surface area contributed by atoms with Crippen LogP contribution in [0.3, 0.4) is 0 Å². The number of anilines is 2. The Kier molecular flexibility index (Phi) is 7.48. The van der Waals surface area contributed by atoms with Gasteiger partial charge < -0.3 is 0 Å². The Morgan fingerprint density at radius 2 is 1.26 bits per heavy atom. The van der Waals surface area contributed by atoms with Gasteiger partial charge in [-0.25, -0.2) is 0 Å². The molecule has 4 rings (SSSR count). The van der Waals surface area contributed by atoms with Crippen molar-refractivity contribution >= 4 is 54.8 Å². The number of carbonyl (C=O) groups excluding carboxylic acids is 2. The van der Waals surface area contributed by atoms with Crippen LogP contribution in [-0.4, -0.2) is 49.2 Å². The molecule has 1 unspecified atom stereocenters. The number of hydrogen-bond donors (Lipinski definition) is 2. The second kappa shape index (κ2) is 10.5. The number of amides is 2. The molecule has 2 heterocycles. The highest BCUT2D eigenvalue weighted by Crippen LogP contribution is 2.27. The van der Waals surface area contributed by atoms with Gasteiger partial charge in [-0.05, 0) is 68.5 Å². The smallest absolute Gasteiger partial charge is 0.282 e. The Morgan fingerprint density at radius 1 is 0.744 bits per heavy atom. The average molecular weight is 571 g/mol. The zero-order valence-corrected chi connectivity index (χ0v) is 22.2. The van der Waals surface area contributed by atoms with E-state index >= 15 is 0 Å². The van der Waals surface area contributed by atoms with Crippen LogP contribution in [0.5, 0.6) is 0 Å². The Hall–Kier alpha value is -4.24. The maximum atomic E-state index is 12.8. The number of rotatable bonds is 7. The Bertz CT molecular complexity index is 1700. The molecule has 202 valence electrons. The quantitative estimate of drug-likeness (QED) is 0.290. The van der Waals surface area contributed by atoms with Gasteiger partial charge in [0.2, 0.25) is 0 Å². The fourth-order valence-electron chi connectivity index (χ4n) is 3.78. The normalized spacial score (nSPS) is 19.6. The molecule has 2 aliphatic heterocycles. The molecular weight excluding hydrogens is 548 g/mol. The van der Waals surface area contributed by atoms with Crippen molar-refractivity contribution in [3.8, 4) is 0 Å². The number of hydrazone groups is 2. The lowest BCUT2D eigenvalue weighted by molar-refractivity contribution is -0.118. The minimum Gasteiger partial charge on any atom is -0.282 e. The fourth-order valence-corrected chi connectivity index (χ4v) is 4.74. The summed E-state index contributed by atoms with van der Waals surface area (Å²) in [5.41, 5.74) is 1.94. The van der Waals surface area contributed by atoms with Crippen molar-refractivity contribution in [1.29, 1.82) is 0 Å². The highest BCUT2D eigenvalue weighted by Gasteiger charge is 2.32. The summed E-state index contributed by atoms with van der Waals surface area (Å²) < 4.78 is 63.1. The molecule has 2 N–H and O–H groups in total. The zero-order valence-electron chi connectivity index (χ0n) is 20.5. The number of carbonyl (C=O) groups is 2. The van der Waals surface area contributed by atoms with E-state index < -0.39 is 32.1 Å². The molecule has 1 atom stereocenters. The van der Waals surface area contributed by atoms with Gasteiger partial charge in [-0.3, -0.25) is 18.7 Å². The maximum absolute atomic E-state index is 12.8. The third-order valence-corrected chi connectivity index (χ3v) is 7.53. The molecule has 0 aliphatic carbocycles. The molecule has 14 heteroatoms. The van der Waals surface area contributed by atoms with Gasteiger partial charge >= 0.3 is 0 Å². The predicted octanol–water partition coefficient (Wildman–Crippen LogP) is 2.98. The van der Waals surface area contributed by atoms with E-state index in [1.54, 1.807) is 44.2 Å². The van der Waals surface area contributed by atoms with E-state index in [-0.39, 0.29) is 15.7 Å². The average Bonchev–Trinajstić information content (AvgIpc) is 3.32. The van der Waals surface area contributed by atoms with Crippen LogP contribution in [0.15, 0.2) is 104 Å². The molecule has 0 saturated heterocycles. The molecular formula is C25H22N4O8S2. The van der Waals surface area contributed by atoms with E-state index in [0.29, 0.717) is 28.4 Å². The Balaban J connectivity index is 1.41. The number of hydrogen-bond acceptors (Lipinski definition) is 8. The number of benzene rings is 2. The second-order valence-corrected chi connectivity index (χ2v) is 11.3. The van der Waals surface area contributed by atoms with Crippen molar-refractivity contribution < 1.29 is 35.5 Å². The molecule has 39 heavy (non-hydrogen) atoms. The fraction of sp³-hybridized carbons (Fsp3) is 0.120. The zero-order chi connectivity index (χ0) is 28.5. The van der Waals surface area contributed by atoms with Gasteiger partial charge in [0.25, 0.3) is 32.1 Å². The molecule has 0 aromatic heterocycles. The molecule has 2 aliphatic rings. The summed E-state index contributed by atoms with van der Waals surface area (Å²) >= 11 is 0. The first-order valence-electron chi connectivity index (χ1n) is 11.3. The van der Waals surface area contributed by atoms with Crippen LogP contribution < -0.4 is 10.0 Å². The second-order valence-electron chi connectivity index (χ2n) is 8.46. The van der Waals surface area contributed by atoms with Gasteiger partial charge in [-0.15, -0.1) is 0 Å². The summed E-state index contributed by atoms with van der Waals surface area (Å²) in [6.45, 7) is 3.33. The van der Waals surface area contributed by atoms with Gasteiger partial charge in [0.15, 0.2) is 0 Å². The molecule has 12 nitrogen and oxygen atoms in total. The van der Waals surface area contributed by atoms with Crippen molar-refractivity contribution in [3.05, 3.63) is 84.5 Å². The van der Waals surface area contributed by atoms with Gasteiger partial charge in [-0.2, -0.15) is 37.1 Å². The Morgan fingerprint density at radius 3 is 1.77 bits per heavy atom. The number of allylic oxidation sites excluding steroid dienone is 4. The van der Waals surface area contributed by atoms with E-state index in [1.165, 1.54) is 48.5 Å². The van der Waals surface area contributed by atoms with E-state index in [2.05, 4.69) is 10.2 Å². The van der Waals surface area contributed by atoms with Crippen molar-refractivity contribution in [2.75, 3.05) is 10.0 Å². The van der Waals surface area contributed by atoms with Crippen molar-refractivity contribution in [2.45, 2.75) is 23.6 Å². The summed E-state index contributed by atoms with van der Waals surface area (Å²) in [6.07, 6.45) is 8.04. The van der Waals surface area contributed by atoms with E-state index in [9.17, 15) is 26.4 Å². The first kappa shape index (κ1) is 27.8. The first-order chi connectivity index (χ1) is 18.3. The SMILES string of the molecule is CC1=NN(c2ccc(S(=O)(=O)O)cc2)C(=O)C1=CC=C/C=C\C1C(=O)N(c2ccc(S(=O)(=O)O)cc2)N=C1C. The monoisotopic (exact) mass is 570 g/mol. The lowest BCUT2D eigenvalue weighted by Gasteiger charge is -2.13. The van der Waals surface area contributed by atoms with Gasteiger partial charge in [0, 0.05) is 0 Å². The molecule has 0 fully saturated rings. The van der Waals surface area contributed by atoms with Crippen LogP contribution in [-0.2, 0) is 29.8 Å². The first-order valence-corrected chi connectivity index (χ1v) is 14.1. The van der Waals surface area contributed by atoms with E-state index in [1.807, 2.05) is 0 Å². The molecule has 2 aromatic rings. The third kappa shape index (κ3) is 5.93. The van der Waals surface area contributed by atoms with Crippen LogP contribution in [0.1, 0.15) is 13.8 Å². The van der Waals surface area contributed by atoms with Crippen LogP contribution in [0.25, 0.3) is 0 Å².